The zero-order valence-electron chi connectivity index (χ0n) is 6.56. The van der Waals surface area contributed by atoms with E-state index < -0.39 is 12.1 Å². The molecule has 0 unspecified atom stereocenters. The first-order valence-corrected chi connectivity index (χ1v) is 3.68. The fraction of sp³-hybridized carbons (Fsp3) is 0.667. The third-order valence-corrected chi connectivity index (χ3v) is 1.65. The van der Waals surface area contributed by atoms with Crippen molar-refractivity contribution >= 4 is 12.1 Å². The minimum Gasteiger partial charge on any atom is -0.407 e. The summed E-state index contributed by atoms with van der Waals surface area (Å²) in [6.07, 6.45) is 1.40. The van der Waals surface area contributed by atoms with Gasteiger partial charge in [-0.3, -0.25) is 0 Å². The number of oxime groups is 1. The van der Waals surface area contributed by atoms with Crippen LogP contribution >= 0.6 is 0 Å². The van der Waals surface area contributed by atoms with Gasteiger partial charge in [0.15, 0.2) is 0 Å². The number of amidine groups is 1. The number of carbonyl (C=O) groups is 1. The monoisotopic (exact) mass is 173 g/mol. The highest BCUT2D eigenvalue weighted by Crippen LogP contribution is 2.08. The van der Waals surface area contributed by atoms with Gasteiger partial charge >= 0.3 is 12.1 Å². The maximum atomic E-state index is 11.0. The van der Waals surface area contributed by atoms with E-state index in [-0.39, 0.29) is 0 Å². The fourth-order valence-electron chi connectivity index (χ4n) is 1.07. The SMILES string of the molecule is NC(=NO)OC(=O)N1CCCC1. The van der Waals surface area contributed by atoms with Crippen molar-refractivity contribution in [3.05, 3.63) is 0 Å². The largest absolute Gasteiger partial charge is 0.417 e. The van der Waals surface area contributed by atoms with Gasteiger partial charge < -0.3 is 20.6 Å². The van der Waals surface area contributed by atoms with Gasteiger partial charge in [-0.2, -0.15) is 0 Å². The van der Waals surface area contributed by atoms with E-state index in [4.69, 9.17) is 10.9 Å². The molecule has 0 aromatic rings. The molecule has 0 aromatic heterocycles. The number of likely N-dealkylation sites (tertiary alicyclic amines) is 1. The minimum atomic E-state index is -0.553. The summed E-state index contributed by atoms with van der Waals surface area (Å²) in [5, 5.41) is 10.6. The van der Waals surface area contributed by atoms with Gasteiger partial charge in [-0.25, -0.2) is 4.79 Å². The van der Waals surface area contributed by atoms with Gasteiger partial charge in [0.25, 0.3) is 0 Å². The molecular weight excluding hydrogens is 162 g/mol. The Kier molecular flexibility index (Phi) is 2.73. The van der Waals surface area contributed by atoms with Crippen molar-refractivity contribution in [2.75, 3.05) is 13.1 Å². The highest BCUT2D eigenvalue weighted by Gasteiger charge is 2.20. The van der Waals surface area contributed by atoms with Crippen molar-refractivity contribution < 1.29 is 14.7 Å². The average molecular weight is 173 g/mol. The summed E-state index contributed by atoms with van der Waals surface area (Å²) in [6.45, 7) is 1.36. The third kappa shape index (κ3) is 2.01. The third-order valence-electron chi connectivity index (χ3n) is 1.65. The molecule has 0 spiro atoms. The maximum absolute atomic E-state index is 11.0. The number of ether oxygens (including phenoxy) is 1. The summed E-state index contributed by atoms with van der Waals surface area (Å²) in [7, 11) is 0. The standard InChI is InChI=1S/C6H11N3O3/c7-5(8-11)12-6(10)9-3-1-2-4-9/h11H,1-4H2,(H2,7,8). The molecular formula is C6H11N3O3. The Morgan fingerprint density at radius 1 is 1.50 bits per heavy atom. The lowest BCUT2D eigenvalue weighted by molar-refractivity contribution is 0.154. The van der Waals surface area contributed by atoms with Crippen LogP contribution in [0.3, 0.4) is 0 Å². The quantitative estimate of drug-likeness (QED) is 0.232. The zero-order chi connectivity index (χ0) is 8.97. The molecule has 1 amide bonds. The van der Waals surface area contributed by atoms with Gasteiger partial charge in [0.1, 0.15) is 0 Å². The predicted octanol–water partition coefficient (Wildman–Crippen LogP) is -0.0773. The molecule has 1 rings (SSSR count). The molecule has 6 heteroatoms. The Hall–Kier alpha value is -1.46. The summed E-state index contributed by atoms with van der Waals surface area (Å²) in [5.41, 5.74) is 4.97. The van der Waals surface area contributed by atoms with Gasteiger partial charge in [0.2, 0.25) is 0 Å². The van der Waals surface area contributed by atoms with E-state index >= 15 is 0 Å². The van der Waals surface area contributed by atoms with Gasteiger partial charge in [0, 0.05) is 13.1 Å². The molecule has 1 aliphatic rings. The second-order valence-electron chi connectivity index (χ2n) is 2.50. The topological polar surface area (TPSA) is 88.1 Å². The molecule has 12 heavy (non-hydrogen) atoms. The summed E-state index contributed by atoms with van der Waals surface area (Å²) in [6, 6.07) is -0.521. The number of nitrogens with zero attached hydrogens (tertiary/aromatic N) is 2. The van der Waals surface area contributed by atoms with Crippen molar-refractivity contribution in [3.8, 4) is 0 Å². The van der Waals surface area contributed by atoms with Gasteiger partial charge in [-0.1, -0.05) is 0 Å². The van der Waals surface area contributed by atoms with E-state index in [0.717, 1.165) is 12.8 Å². The molecule has 6 nitrogen and oxygen atoms in total. The van der Waals surface area contributed by atoms with Crippen LogP contribution in [0.15, 0.2) is 5.16 Å². The number of carbonyl (C=O) groups excluding carboxylic acids is 1. The Morgan fingerprint density at radius 3 is 2.58 bits per heavy atom. The first-order valence-electron chi connectivity index (χ1n) is 3.68. The average Bonchev–Trinajstić information content (AvgIpc) is 2.56. The number of hydrogen-bond donors (Lipinski definition) is 2. The van der Waals surface area contributed by atoms with Crippen LogP contribution in [0.25, 0.3) is 0 Å². The van der Waals surface area contributed by atoms with Crippen molar-refractivity contribution in [1.29, 1.82) is 0 Å². The highest BCUT2D eigenvalue weighted by atomic mass is 16.6. The van der Waals surface area contributed by atoms with Gasteiger partial charge in [0.05, 0.1) is 0 Å². The van der Waals surface area contributed by atoms with Crippen molar-refractivity contribution in [2.45, 2.75) is 12.8 Å². The normalized spacial score (nSPS) is 18.0. The van der Waals surface area contributed by atoms with Crippen LogP contribution in [0.1, 0.15) is 12.8 Å². The maximum Gasteiger partial charge on any atom is 0.417 e. The van der Waals surface area contributed by atoms with Gasteiger partial charge in [-0.15, -0.1) is 0 Å². The lowest BCUT2D eigenvalue weighted by Crippen LogP contribution is -2.32. The van der Waals surface area contributed by atoms with E-state index in [9.17, 15) is 4.79 Å². The Balaban J connectivity index is 2.37. The lowest BCUT2D eigenvalue weighted by atomic mass is 10.4. The van der Waals surface area contributed by atoms with Crippen LogP contribution in [-0.2, 0) is 4.74 Å². The molecule has 0 aliphatic carbocycles. The number of rotatable bonds is 0. The number of hydrogen-bond acceptors (Lipinski definition) is 4. The van der Waals surface area contributed by atoms with E-state index in [1.54, 1.807) is 0 Å². The molecule has 0 bridgehead atoms. The van der Waals surface area contributed by atoms with E-state index in [2.05, 4.69) is 9.89 Å². The molecule has 0 radical (unpaired) electrons. The fourth-order valence-corrected chi connectivity index (χ4v) is 1.07. The molecule has 1 heterocycles. The van der Waals surface area contributed by atoms with E-state index in [1.807, 2.05) is 0 Å². The van der Waals surface area contributed by atoms with Crippen LogP contribution in [0, 0.1) is 0 Å². The second kappa shape index (κ2) is 3.80. The summed E-state index contributed by atoms with van der Waals surface area (Å²) < 4.78 is 4.45. The molecule has 1 fully saturated rings. The lowest BCUT2D eigenvalue weighted by Gasteiger charge is -2.13. The van der Waals surface area contributed by atoms with E-state index in [1.165, 1.54) is 4.90 Å². The zero-order valence-corrected chi connectivity index (χ0v) is 6.56. The van der Waals surface area contributed by atoms with E-state index in [0.29, 0.717) is 13.1 Å². The molecule has 68 valence electrons. The van der Waals surface area contributed by atoms with Crippen molar-refractivity contribution in [3.63, 3.8) is 0 Å². The van der Waals surface area contributed by atoms with Crippen molar-refractivity contribution in [2.24, 2.45) is 10.9 Å². The molecule has 1 saturated heterocycles. The summed E-state index contributed by atoms with van der Waals surface area (Å²) >= 11 is 0. The molecule has 1 aliphatic heterocycles. The summed E-state index contributed by atoms with van der Waals surface area (Å²) in [4.78, 5) is 12.6. The van der Waals surface area contributed by atoms with Crippen LogP contribution in [-0.4, -0.2) is 35.3 Å². The Bertz CT molecular complexity index is 198. The number of amides is 1. The predicted molar refractivity (Wildman–Crippen MR) is 40.7 cm³/mol. The molecule has 0 aromatic carbocycles. The van der Waals surface area contributed by atoms with Crippen LogP contribution < -0.4 is 5.73 Å². The Labute approximate surface area is 69.6 Å². The van der Waals surface area contributed by atoms with Crippen LogP contribution in [0.5, 0.6) is 0 Å². The van der Waals surface area contributed by atoms with Crippen LogP contribution in [0.2, 0.25) is 0 Å². The first-order chi connectivity index (χ1) is 5.74. The van der Waals surface area contributed by atoms with Crippen molar-refractivity contribution in [1.82, 2.24) is 4.90 Å². The van der Waals surface area contributed by atoms with Crippen LogP contribution in [0.4, 0.5) is 4.79 Å². The smallest absolute Gasteiger partial charge is 0.407 e. The summed E-state index contributed by atoms with van der Waals surface area (Å²) in [5.74, 6) is 0. The first kappa shape index (κ1) is 8.63. The highest BCUT2D eigenvalue weighted by molar-refractivity contribution is 5.85. The molecule has 3 N–H and O–H groups in total. The second-order valence-corrected chi connectivity index (χ2v) is 2.50. The molecule has 0 atom stereocenters. The molecule has 0 saturated carbocycles. The number of nitrogens with two attached hydrogens (primary N) is 1. The Morgan fingerprint density at radius 2 is 2.08 bits per heavy atom. The minimum absolute atomic E-state index is 0.521. The van der Waals surface area contributed by atoms with Gasteiger partial charge in [-0.05, 0) is 18.0 Å².